The molecule has 0 saturated carbocycles. The van der Waals surface area contributed by atoms with Crippen molar-refractivity contribution in [1.82, 2.24) is 0 Å². The van der Waals surface area contributed by atoms with Crippen LogP contribution >= 0.6 is 11.3 Å². The number of thiophene rings is 1. The molecule has 0 bridgehead atoms. The van der Waals surface area contributed by atoms with Gasteiger partial charge in [-0.3, -0.25) is 9.59 Å². The molecule has 1 amide bonds. The van der Waals surface area contributed by atoms with Gasteiger partial charge in [-0.15, -0.1) is 11.3 Å². The van der Waals surface area contributed by atoms with Crippen molar-refractivity contribution in [2.24, 2.45) is 0 Å². The average molecular weight is 405 g/mol. The summed E-state index contributed by atoms with van der Waals surface area (Å²) in [6.07, 6.45) is 1.85. The highest BCUT2D eigenvalue weighted by atomic mass is 32.1. The maximum absolute atomic E-state index is 12.4. The maximum Gasteiger partial charge on any atom is 0.348 e. The molecule has 1 aliphatic carbocycles. The van der Waals surface area contributed by atoms with E-state index in [1.807, 2.05) is 18.2 Å². The van der Waals surface area contributed by atoms with Gasteiger partial charge in [0.2, 0.25) is 0 Å². The molecule has 0 spiro atoms. The molecule has 1 aromatic heterocycles. The highest BCUT2D eigenvalue weighted by molar-refractivity contribution is 7.17. The number of amides is 1. The van der Waals surface area contributed by atoms with Gasteiger partial charge in [-0.05, 0) is 54.7 Å². The molecule has 6 heteroatoms. The van der Waals surface area contributed by atoms with Crippen LogP contribution in [0, 0.1) is 0 Å². The van der Waals surface area contributed by atoms with Crippen molar-refractivity contribution in [2.45, 2.75) is 19.8 Å². The Hall–Kier alpha value is -3.25. The molecule has 0 fully saturated rings. The molecule has 0 saturated heterocycles. The molecule has 146 valence electrons. The summed E-state index contributed by atoms with van der Waals surface area (Å²) in [5, 5.41) is 2.64. The van der Waals surface area contributed by atoms with E-state index in [0.717, 1.165) is 23.3 Å². The Balaban J connectivity index is 1.40. The van der Waals surface area contributed by atoms with Crippen molar-refractivity contribution in [3.8, 4) is 10.4 Å². The van der Waals surface area contributed by atoms with Gasteiger partial charge in [0.15, 0.2) is 12.4 Å². The lowest BCUT2D eigenvalue weighted by Gasteiger charge is -2.15. The minimum Gasteiger partial charge on any atom is -0.451 e. The van der Waals surface area contributed by atoms with Gasteiger partial charge < -0.3 is 10.1 Å². The second-order valence-corrected chi connectivity index (χ2v) is 7.94. The number of esters is 1. The van der Waals surface area contributed by atoms with E-state index in [9.17, 15) is 14.4 Å². The van der Waals surface area contributed by atoms with E-state index < -0.39 is 11.9 Å². The number of carbonyl (C=O) groups excluding carboxylic acids is 3. The largest absolute Gasteiger partial charge is 0.451 e. The van der Waals surface area contributed by atoms with Gasteiger partial charge in [-0.2, -0.15) is 0 Å². The number of Topliss-reactive ketones (excluding diaryl/α,β-unsaturated/α-hetero) is 1. The lowest BCUT2D eigenvalue weighted by molar-refractivity contribution is -0.119. The van der Waals surface area contributed by atoms with E-state index in [0.29, 0.717) is 16.1 Å². The van der Waals surface area contributed by atoms with Crippen LogP contribution in [-0.2, 0) is 22.4 Å². The number of ether oxygens (including phenoxy) is 1. The number of aryl methyl sites for hydroxylation is 2. The first-order valence-electron chi connectivity index (χ1n) is 9.30. The quantitative estimate of drug-likeness (QED) is 0.501. The molecule has 2 aromatic carbocycles. The summed E-state index contributed by atoms with van der Waals surface area (Å²) in [7, 11) is 0. The Morgan fingerprint density at radius 2 is 1.79 bits per heavy atom. The Morgan fingerprint density at radius 1 is 1.00 bits per heavy atom. The van der Waals surface area contributed by atoms with Gasteiger partial charge in [-0.25, -0.2) is 4.79 Å². The van der Waals surface area contributed by atoms with Crippen LogP contribution in [0.4, 0.5) is 5.69 Å². The molecule has 1 N–H and O–H groups in total. The number of nitrogens with one attached hydrogen (secondary N) is 1. The first-order chi connectivity index (χ1) is 14.0. The van der Waals surface area contributed by atoms with Crippen LogP contribution in [0.3, 0.4) is 0 Å². The normalized spacial score (nSPS) is 11.9. The minimum absolute atomic E-state index is 0.0873. The molecule has 0 unspecified atom stereocenters. The Bertz CT molecular complexity index is 1120. The number of benzene rings is 2. The summed E-state index contributed by atoms with van der Waals surface area (Å²) in [5.41, 5.74) is 4.59. The second-order valence-electron chi connectivity index (χ2n) is 6.88. The summed E-state index contributed by atoms with van der Waals surface area (Å²) >= 11 is 1.40. The zero-order chi connectivity index (χ0) is 20.4. The Kier molecular flexibility index (Phi) is 5.27. The van der Waals surface area contributed by atoms with Gasteiger partial charge >= 0.3 is 5.97 Å². The number of rotatable bonds is 5. The average Bonchev–Trinajstić information content (AvgIpc) is 3.17. The van der Waals surface area contributed by atoms with Crippen molar-refractivity contribution in [1.29, 1.82) is 0 Å². The molecule has 3 aromatic rings. The van der Waals surface area contributed by atoms with Crippen LogP contribution in [-0.4, -0.2) is 24.3 Å². The van der Waals surface area contributed by atoms with Gasteiger partial charge in [0.25, 0.3) is 5.91 Å². The minimum atomic E-state index is -0.505. The van der Waals surface area contributed by atoms with Gasteiger partial charge in [0.05, 0.1) is 0 Å². The summed E-state index contributed by atoms with van der Waals surface area (Å²) in [6, 6.07) is 16.7. The lowest BCUT2D eigenvalue weighted by atomic mass is 9.91. The van der Waals surface area contributed by atoms with Crippen molar-refractivity contribution in [3.63, 3.8) is 0 Å². The van der Waals surface area contributed by atoms with Crippen LogP contribution in [0.5, 0.6) is 0 Å². The lowest BCUT2D eigenvalue weighted by Crippen LogP contribution is -2.20. The number of carbonyl (C=O) groups is 3. The maximum atomic E-state index is 12.4. The second kappa shape index (κ2) is 8.01. The molecule has 0 atom stereocenters. The number of anilines is 1. The molecule has 1 heterocycles. The topological polar surface area (TPSA) is 72.5 Å². The van der Waals surface area contributed by atoms with Gasteiger partial charge in [0.1, 0.15) is 4.88 Å². The fraction of sp³-hybridized carbons (Fsp3) is 0.174. The Labute approximate surface area is 172 Å². The smallest absolute Gasteiger partial charge is 0.348 e. The molecule has 0 radical (unpaired) electrons. The van der Waals surface area contributed by atoms with Crippen LogP contribution < -0.4 is 5.32 Å². The third-order valence-electron chi connectivity index (χ3n) is 4.82. The van der Waals surface area contributed by atoms with Gasteiger partial charge in [-0.1, -0.05) is 36.4 Å². The third kappa shape index (κ3) is 4.12. The molecule has 4 rings (SSSR count). The van der Waals surface area contributed by atoms with E-state index in [1.54, 1.807) is 24.3 Å². The monoisotopic (exact) mass is 405 g/mol. The molecule has 1 aliphatic rings. The highest BCUT2D eigenvalue weighted by Crippen LogP contribution is 2.39. The van der Waals surface area contributed by atoms with Crippen LogP contribution in [0.1, 0.15) is 38.1 Å². The molecule has 0 aliphatic heterocycles. The summed E-state index contributed by atoms with van der Waals surface area (Å²) < 4.78 is 5.20. The first kappa shape index (κ1) is 19.1. The standard InChI is InChI=1S/C23H19NO4S/c1-14(25)16-6-4-7-18(11-16)24-21(26)13-28-23(27)20-12-17-10-9-15-5-2-3-8-19(15)22(17)29-20/h2-8,11-12H,9-10,13H2,1H3,(H,24,26). The van der Waals surface area contributed by atoms with Crippen molar-refractivity contribution in [3.05, 3.63) is 76.2 Å². The summed E-state index contributed by atoms with van der Waals surface area (Å²) in [4.78, 5) is 37.6. The third-order valence-corrected chi connectivity index (χ3v) is 6.01. The molecule has 5 nitrogen and oxygen atoms in total. The van der Waals surface area contributed by atoms with Crippen molar-refractivity contribution in [2.75, 3.05) is 11.9 Å². The number of hydrogen-bond donors (Lipinski definition) is 1. The number of hydrogen-bond acceptors (Lipinski definition) is 5. The first-order valence-corrected chi connectivity index (χ1v) is 10.1. The van der Waals surface area contributed by atoms with Crippen LogP contribution in [0.15, 0.2) is 54.6 Å². The highest BCUT2D eigenvalue weighted by Gasteiger charge is 2.22. The van der Waals surface area contributed by atoms with E-state index in [1.165, 1.54) is 29.4 Å². The number of ketones is 1. The predicted octanol–water partition coefficient (Wildman–Crippen LogP) is 4.51. The van der Waals surface area contributed by atoms with Crippen molar-refractivity contribution < 1.29 is 19.1 Å². The summed E-state index contributed by atoms with van der Waals surface area (Å²) in [5.74, 6) is -1.05. The fourth-order valence-corrected chi connectivity index (χ4v) is 4.55. The molecular formula is C23H19NO4S. The molecular weight excluding hydrogens is 386 g/mol. The van der Waals surface area contributed by atoms with E-state index in [-0.39, 0.29) is 12.4 Å². The predicted molar refractivity (Wildman–Crippen MR) is 113 cm³/mol. The fourth-order valence-electron chi connectivity index (χ4n) is 3.39. The number of fused-ring (bicyclic) bond motifs is 3. The zero-order valence-electron chi connectivity index (χ0n) is 15.9. The summed E-state index contributed by atoms with van der Waals surface area (Å²) in [6.45, 7) is 1.07. The Morgan fingerprint density at radius 3 is 2.62 bits per heavy atom. The van der Waals surface area contributed by atoms with Crippen molar-refractivity contribution >= 4 is 34.7 Å². The van der Waals surface area contributed by atoms with E-state index in [4.69, 9.17) is 4.74 Å². The van der Waals surface area contributed by atoms with E-state index in [2.05, 4.69) is 17.4 Å². The van der Waals surface area contributed by atoms with Crippen LogP contribution in [0.2, 0.25) is 0 Å². The molecule has 29 heavy (non-hydrogen) atoms. The zero-order valence-corrected chi connectivity index (χ0v) is 16.7. The SMILES string of the molecule is CC(=O)c1cccc(NC(=O)COC(=O)c2cc3c(s2)-c2ccccc2CC3)c1. The van der Waals surface area contributed by atoms with E-state index >= 15 is 0 Å². The van der Waals surface area contributed by atoms with Gasteiger partial charge in [0, 0.05) is 16.1 Å². The van der Waals surface area contributed by atoms with Crippen LogP contribution in [0.25, 0.3) is 10.4 Å².